The van der Waals surface area contributed by atoms with Gasteiger partial charge < -0.3 is 25.2 Å². The predicted octanol–water partition coefficient (Wildman–Crippen LogP) is 3.06. The molecule has 0 aromatic heterocycles. The fraction of sp³-hybridized carbons (Fsp3) is 0.818. The molecule has 33 heavy (non-hydrogen) atoms. The van der Waals surface area contributed by atoms with E-state index in [2.05, 4.69) is 10.6 Å². The fourth-order valence-electron chi connectivity index (χ4n) is 2.22. The highest BCUT2D eigenvalue weighted by molar-refractivity contribution is 5.84. The lowest BCUT2D eigenvalue weighted by Crippen LogP contribution is -2.51. The molecule has 0 radical (unpaired) electrons. The van der Waals surface area contributed by atoms with E-state index in [9.17, 15) is 19.2 Å². The Hall–Kier alpha value is -2.40. The summed E-state index contributed by atoms with van der Waals surface area (Å²) in [5, 5.41) is 13.8. The van der Waals surface area contributed by atoms with Crippen LogP contribution in [-0.4, -0.2) is 58.1 Å². The van der Waals surface area contributed by atoms with Gasteiger partial charge in [0.05, 0.1) is 5.60 Å². The van der Waals surface area contributed by atoms with Gasteiger partial charge in [0.25, 0.3) is 0 Å². The zero-order chi connectivity index (χ0) is 26.0. The molecule has 2 atom stereocenters. The third-order valence-electron chi connectivity index (χ3n) is 3.38. The maximum Gasteiger partial charge on any atom is 0.329 e. The van der Waals surface area contributed by atoms with Crippen molar-refractivity contribution in [2.45, 2.75) is 117 Å². The van der Waals surface area contributed by atoms with Gasteiger partial charge in [0, 0.05) is 19.3 Å². The van der Waals surface area contributed by atoms with E-state index in [1.165, 1.54) is 0 Å². The summed E-state index contributed by atoms with van der Waals surface area (Å²) in [5.74, 6) is -2.33. The van der Waals surface area contributed by atoms with Gasteiger partial charge in [-0.25, -0.2) is 19.4 Å². The summed E-state index contributed by atoms with van der Waals surface area (Å²) in [7, 11) is 0. The minimum atomic E-state index is -1.15. The second-order valence-corrected chi connectivity index (χ2v) is 10.5. The van der Waals surface area contributed by atoms with Gasteiger partial charge >= 0.3 is 23.9 Å². The largest absolute Gasteiger partial charge is 0.481 e. The molecule has 0 bridgehead atoms. The van der Waals surface area contributed by atoms with Crippen molar-refractivity contribution in [1.29, 1.82) is 0 Å². The van der Waals surface area contributed by atoms with E-state index < -0.39 is 53.0 Å². The maximum atomic E-state index is 12.6. The van der Waals surface area contributed by atoms with E-state index >= 15 is 0 Å². The zero-order valence-electron chi connectivity index (χ0n) is 21.2. The smallest absolute Gasteiger partial charge is 0.329 e. The van der Waals surface area contributed by atoms with Crippen LogP contribution in [0.25, 0.3) is 0 Å². The van der Waals surface area contributed by atoms with Crippen LogP contribution in [0.15, 0.2) is 0 Å². The van der Waals surface area contributed by atoms with Gasteiger partial charge in [0.2, 0.25) is 0 Å². The van der Waals surface area contributed by atoms with E-state index in [1.54, 1.807) is 62.3 Å². The molecule has 2 amide bonds. The molecule has 0 unspecified atom stereocenters. The molecule has 0 aliphatic rings. The first-order valence-corrected chi connectivity index (χ1v) is 10.9. The van der Waals surface area contributed by atoms with Crippen molar-refractivity contribution in [2.75, 3.05) is 0 Å². The van der Waals surface area contributed by atoms with Gasteiger partial charge in [-0.2, -0.15) is 0 Å². The van der Waals surface area contributed by atoms with Crippen molar-refractivity contribution in [3.8, 4) is 0 Å². The number of carboxylic acid groups (broad SMARTS) is 1. The molecule has 192 valence electrons. The second kappa shape index (κ2) is 12.7. The Morgan fingerprint density at radius 2 is 1.30 bits per heavy atom. The molecule has 3 N–H and O–H groups in total. The molecule has 0 aliphatic heterocycles. The second-order valence-electron chi connectivity index (χ2n) is 10.5. The van der Waals surface area contributed by atoms with Gasteiger partial charge in [0.15, 0.2) is 6.23 Å². The van der Waals surface area contributed by atoms with E-state index in [0.717, 1.165) is 0 Å². The summed E-state index contributed by atoms with van der Waals surface area (Å²) in [6, 6.07) is -1.97. The van der Waals surface area contributed by atoms with E-state index in [0.29, 0.717) is 0 Å². The summed E-state index contributed by atoms with van der Waals surface area (Å²) in [6.07, 6.45) is -1.64. The van der Waals surface area contributed by atoms with Crippen LogP contribution in [0.5, 0.6) is 0 Å². The molecule has 0 rings (SSSR count). The molecule has 11 heteroatoms. The lowest BCUT2D eigenvalue weighted by molar-refractivity contribution is -0.376. The Morgan fingerprint density at radius 3 is 1.76 bits per heavy atom. The van der Waals surface area contributed by atoms with Crippen LogP contribution in [-0.2, 0) is 33.6 Å². The average Bonchev–Trinajstić information content (AvgIpc) is 2.56. The summed E-state index contributed by atoms with van der Waals surface area (Å²) in [4.78, 5) is 58.5. The molecular formula is C22H40N2O9. The Labute approximate surface area is 195 Å². The number of rotatable bonds is 11. The van der Waals surface area contributed by atoms with Gasteiger partial charge in [-0.1, -0.05) is 0 Å². The number of nitrogens with one attached hydrogen (secondary N) is 2. The lowest BCUT2D eigenvalue weighted by atomic mass is 10.1. The molecule has 0 fully saturated rings. The van der Waals surface area contributed by atoms with Crippen molar-refractivity contribution in [2.24, 2.45) is 0 Å². The van der Waals surface area contributed by atoms with Crippen LogP contribution >= 0.6 is 0 Å². The molecule has 0 spiro atoms. The number of urea groups is 1. The van der Waals surface area contributed by atoms with Crippen LogP contribution in [0.2, 0.25) is 0 Å². The Morgan fingerprint density at radius 1 is 0.758 bits per heavy atom. The Bertz CT molecular complexity index is 673. The molecular weight excluding hydrogens is 436 g/mol. The summed E-state index contributed by atoms with van der Waals surface area (Å²) in [6.45, 7) is 15.3. The van der Waals surface area contributed by atoms with E-state index in [1.807, 2.05) is 0 Å². The van der Waals surface area contributed by atoms with Gasteiger partial charge in [-0.15, -0.1) is 0 Å². The summed E-state index contributed by atoms with van der Waals surface area (Å²) < 4.78 is 10.6. The van der Waals surface area contributed by atoms with Crippen LogP contribution < -0.4 is 10.6 Å². The number of carbonyl (C=O) groups is 4. The lowest BCUT2D eigenvalue weighted by Gasteiger charge is -2.27. The van der Waals surface area contributed by atoms with Crippen molar-refractivity contribution in [3.05, 3.63) is 0 Å². The molecule has 0 aliphatic carbocycles. The number of carboxylic acids is 1. The number of hydrogen-bond acceptors (Lipinski definition) is 8. The minimum Gasteiger partial charge on any atom is -0.481 e. The topological polar surface area (TPSA) is 149 Å². The zero-order valence-corrected chi connectivity index (χ0v) is 21.2. The first-order chi connectivity index (χ1) is 14.8. The van der Waals surface area contributed by atoms with E-state index in [-0.39, 0.29) is 25.7 Å². The van der Waals surface area contributed by atoms with Crippen LogP contribution in [0.3, 0.4) is 0 Å². The molecule has 0 heterocycles. The highest BCUT2D eigenvalue weighted by atomic mass is 17.2. The first-order valence-electron chi connectivity index (χ1n) is 10.9. The first kappa shape index (κ1) is 30.6. The van der Waals surface area contributed by atoms with Crippen LogP contribution in [0.1, 0.15) is 88.0 Å². The monoisotopic (exact) mass is 476 g/mol. The summed E-state index contributed by atoms with van der Waals surface area (Å²) >= 11 is 0. The van der Waals surface area contributed by atoms with Gasteiger partial charge in [-0.05, 0) is 68.7 Å². The van der Waals surface area contributed by atoms with Crippen LogP contribution in [0.4, 0.5) is 4.79 Å². The average molecular weight is 477 g/mol. The normalized spacial score (nSPS) is 14.1. The van der Waals surface area contributed by atoms with Gasteiger partial charge in [0.1, 0.15) is 17.2 Å². The molecule has 0 aromatic rings. The van der Waals surface area contributed by atoms with E-state index in [4.69, 9.17) is 24.4 Å². The third kappa shape index (κ3) is 17.8. The SMILES string of the molecule is CC(C)(C)OO[C@@H](CCC(=O)O)NC(=O)N[C@@H](CCC(=O)OC(C)(C)C)C(=O)OC(C)(C)C. The maximum absolute atomic E-state index is 12.6. The van der Waals surface area contributed by atoms with Crippen molar-refractivity contribution >= 4 is 23.9 Å². The number of esters is 2. The fourth-order valence-corrected chi connectivity index (χ4v) is 2.22. The van der Waals surface area contributed by atoms with Crippen molar-refractivity contribution in [3.63, 3.8) is 0 Å². The van der Waals surface area contributed by atoms with Crippen molar-refractivity contribution in [1.82, 2.24) is 10.6 Å². The Balaban J connectivity index is 5.24. The highest BCUT2D eigenvalue weighted by Gasteiger charge is 2.29. The molecule has 0 saturated carbocycles. The quantitative estimate of drug-likeness (QED) is 0.177. The summed E-state index contributed by atoms with van der Waals surface area (Å²) in [5.41, 5.74) is -2.20. The Kier molecular flexibility index (Phi) is 11.8. The molecule has 11 nitrogen and oxygen atoms in total. The minimum absolute atomic E-state index is 0.0591. The highest BCUT2D eigenvalue weighted by Crippen LogP contribution is 2.14. The van der Waals surface area contributed by atoms with Crippen molar-refractivity contribution < 1.29 is 43.5 Å². The van der Waals surface area contributed by atoms with Gasteiger partial charge in [-0.3, -0.25) is 9.59 Å². The number of ether oxygens (including phenoxy) is 2. The number of aliphatic carboxylic acids is 1. The van der Waals surface area contributed by atoms with Crippen LogP contribution in [0, 0.1) is 0 Å². The number of carbonyl (C=O) groups excluding carboxylic acids is 3. The molecule has 0 aromatic carbocycles. The number of amides is 2. The predicted molar refractivity (Wildman–Crippen MR) is 119 cm³/mol. The number of hydrogen-bond donors (Lipinski definition) is 3. The molecule has 0 saturated heterocycles. The standard InChI is InChI=1S/C22H40N2O9/c1-20(2,3)30-17(27)13-10-14(18(28)31-21(4,5)6)23-19(29)24-15(11-12-16(25)26)32-33-22(7,8)9/h14-15H,10-13H2,1-9H3,(H,25,26)(H2,23,24,29)/t14-,15-/m0/s1. The third-order valence-corrected chi connectivity index (χ3v) is 3.38.